The van der Waals surface area contributed by atoms with E-state index >= 15 is 0 Å². The molecule has 1 fully saturated rings. The summed E-state index contributed by atoms with van der Waals surface area (Å²) in [6.07, 6.45) is 1.74. The number of benzene rings is 3. The molecule has 1 aliphatic heterocycles. The van der Waals surface area contributed by atoms with Gasteiger partial charge >= 0.3 is 5.97 Å². The van der Waals surface area contributed by atoms with Gasteiger partial charge in [0.25, 0.3) is 5.91 Å². The van der Waals surface area contributed by atoms with Crippen LogP contribution in [0, 0.1) is 0 Å². The molecule has 0 saturated carbocycles. The number of thioether (sulfide) groups is 1. The Morgan fingerprint density at radius 3 is 2.71 bits per heavy atom. The molecule has 1 amide bonds. The number of hydrogen-bond donors (Lipinski definition) is 1. The highest BCUT2D eigenvalue weighted by molar-refractivity contribution is 9.10. The van der Waals surface area contributed by atoms with Crippen LogP contribution in [-0.2, 0) is 11.4 Å². The Balaban J connectivity index is 1.60. The van der Waals surface area contributed by atoms with Crippen molar-refractivity contribution in [1.82, 2.24) is 4.90 Å². The van der Waals surface area contributed by atoms with E-state index in [1.165, 1.54) is 28.8 Å². The van der Waals surface area contributed by atoms with Crippen molar-refractivity contribution in [3.63, 3.8) is 0 Å². The van der Waals surface area contributed by atoms with Gasteiger partial charge in [0.1, 0.15) is 12.4 Å². The molecule has 1 saturated heterocycles. The lowest BCUT2D eigenvalue weighted by Crippen LogP contribution is -2.23. The van der Waals surface area contributed by atoms with Gasteiger partial charge in [0.05, 0.1) is 16.2 Å². The van der Waals surface area contributed by atoms with E-state index in [-0.39, 0.29) is 18.1 Å². The fraction of sp³-hybridized carbons (Fsp3) is 0.0800. The molecule has 35 heavy (non-hydrogen) atoms. The van der Waals surface area contributed by atoms with Crippen LogP contribution in [-0.4, -0.2) is 34.1 Å². The highest BCUT2D eigenvalue weighted by Crippen LogP contribution is 2.36. The SMILES string of the molecule is CN1C(=O)/C(=C\c2cc(Br)ccc2OCc2ccc(Cl)cc2Cl)SC1=Nc1cccc(C(=O)O)c1. The van der Waals surface area contributed by atoms with Gasteiger partial charge in [-0.1, -0.05) is 51.3 Å². The molecule has 6 nitrogen and oxygen atoms in total. The van der Waals surface area contributed by atoms with Gasteiger partial charge in [-0.2, -0.15) is 0 Å². The highest BCUT2D eigenvalue weighted by atomic mass is 79.9. The van der Waals surface area contributed by atoms with Gasteiger partial charge in [-0.15, -0.1) is 0 Å². The van der Waals surface area contributed by atoms with Crippen LogP contribution in [0.1, 0.15) is 21.5 Å². The number of carbonyl (C=O) groups excluding carboxylic acids is 1. The molecule has 0 aromatic heterocycles. The van der Waals surface area contributed by atoms with Crippen molar-refractivity contribution >= 4 is 79.7 Å². The lowest BCUT2D eigenvalue weighted by molar-refractivity contribution is -0.121. The lowest BCUT2D eigenvalue weighted by atomic mass is 10.1. The minimum atomic E-state index is -1.04. The van der Waals surface area contributed by atoms with Crippen molar-refractivity contribution in [2.45, 2.75) is 6.61 Å². The van der Waals surface area contributed by atoms with Gasteiger partial charge < -0.3 is 9.84 Å². The lowest BCUT2D eigenvalue weighted by Gasteiger charge is -2.11. The maximum Gasteiger partial charge on any atom is 0.335 e. The molecular weight excluding hydrogens is 575 g/mol. The first kappa shape index (κ1) is 25.3. The van der Waals surface area contributed by atoms with Gasteiger partial charge in [-0.25, -0.2) is 9.79 Å². The van der Waals surface area contributed by atoms with Crippen LogP contribution in [0.15, 0.2) is 75.0 Å². The van der Waals surface area contributed by atoms with Crippen LogP contribution in [0.25, 0.3) is 6.08 Å². The number of carboxylic acids is 1. The maximum atomic E-state index is 12.9. The number of likely N-dealkylation sites (N-methyl/N-ethyl adjacent to an activating group) is 1. The van der Waals surface area contributed by atoms with Crippen LogP contribution in [0.5, 0.6) is 5.75 Å². The summed E-state index contributed by atoms with van der Waals surface area (Å²) in [5.41, 5.74) is 2.04. The number of nitrogens with zero attached hydrogens (tertiary/aromatic N) is 2. The molecule has 3 aromatic rings. The van der Waals surface area contributed by atoms with Crippen LogP contribution < -0.4 is 4.74 Å². The molecule has 0 atom stereocenters. The zero-order chi connectivity index (χ0) is 25.1. The number of rotatable bonds is 6. The maximum absolute atomic E-state index is 12.9. The van der Waals surface area contributed by atoms with Gasteiger partial charge in [0.2, 0.25) is 0 Å². The summed E-state index contributed by atoms with van der Waals surface area (Å²) in [7, 11) is 1.62. The van der Waals surface area contributed by atoms with Crippen molar-refractivity contribution in [3.8, 4) is 5.75 Å². The number of ether oxygens (including phenoxy) is 1. The van der Waals surface area contributed by atoms with Crippen molar-refractivity contribution in [2.75, 3.05) is 7.05 Å². The Bertz CT molecular complexity index is 1390. The third-order valence-electron chi connectivity index (χ3n) is 4.98. The molecule has 178 valence electrons. The van der Waals surface area contributed by atoms with Crippen molar-refractivity contribution < 1.29 is 19.4 Å². The van der Waals surface area contributed by atoms with E-state index in [1.807, 2.05) is 12.1 Å². The van der Waals surface area contributed by atoms with Crippen LogP contribution >= 0.6 is 50.9 Å². The predicted octanol–water partition coefficient (Wildman–Crippen LogP) is 7.27. The topological polar surface area (TPSA) is 79.2 Å². The molecule has 3 aromatic carbocycles. The van der Waals surface area contributed by atoms with Crippen molar-refractivity contribution in [2.24, 2.45) is 4.99 Å². The molecule has 0 aliphatic carbocycles. The standard InChI is InChI=1S/C25H17BrCl2N2O4S/c1-30-23(31)22(35-25(30)29-19-4-2-3-14(10-19)24(32)33)11-16-9-17(26)6-8-21(16)34-13-15-5-7-18(27)12-20(15)28/h2-12H,13H2,1H3,(H,32,33)/b22-11+,29-25?. The number of aliphatic imine (C=N–C) groups is 1. The predicted molar refractivity (Wildman–Crippen MR) is 144 cm³/mol. The summed E-state index contributed by atoms with van der Waals surface area (Å²) < 4.78 is 6.84. The molecule has 0 radical (unpaired) electrons. The van der Waals surface area contributed by atoms with Crippen LogP contribution in [0.4, 0.5) is 5.69 Å². The zero-order valence-electron chi connectivity index (χ0n) is 18.2. The fourth-order valence-electron chi connectivity index (χ4n) is 3.17. The Labute approximate surface area is 224 Å². The number of amidine groups is 1. The Hall–Kier alpha value is -2.78. The first-order chi connectivity index (χ1) is 16.7. The number of hydrogen-bond acceptors (Lipinski definition) is 5. The monoisotopic (exact) mass is 590 g/mol. The van der Waals surface area contributed by atoms with Crippen LogP contribution in [0.3, 0.4) is 0 Å². The molecule has 0 spiro atoms. The molecule has 1 N–H and O–H groups in total. The fourth-order valence-corrected chi connectivity index (χ4v) is 4.99. The first-order valence-electron chi connectivity index (χ1n) is 10.2. The Kier molecular flexibility index (Phi) is 7.86. The molecule has 1 heterocycles. The van der Waals surface area contributed by atoms with Crippen LogP contribution in [0.2, 0.25) is 10.0 Å². The summed E-state index contributed by atoms with van der Waals surface area (Å²) in [6.45, 7) is 0.224. The number of amides is 1. The Morgan fingerprint density at radius 1 is 1.17 bits per heavy atom. The van der Waals surface area contributed by atoms with Crippen molar-refractivity contribution in [1.29, 1.82) is 0 Å². The molecule has 4 rings (SSSR count). The number of aromatic carboxylic acids is 1. The number of halogens is 3. The van der Waals surface area contributed by atoms with E-state index in [1.54, 1.807) is 49.5 Å². The quantitative estimate of drug-likeness (QED) is 0.305. The normalized spacial score (nSPS) is 15.8. The van der Waals surface area contributed by atoms with E-state index in [4.69, 9.17) is 27.9 Å². The summed E-state index contributed by atoms with van der Waals surface area (Å²) in [6, 6.07) is 16.9. The average molecular weight is 592 g/mol. The van der Waals surface area contributed by atoms with E-state index < -0.39 is 5.97 Å². The minimum Gasteiger partial charge on any atom is -0.488 e. The summed E-state index contributed by atoms with van der Waals surface area (Å²) in [5, 5.41) is 10.7. The third-order valence-corrected chi connectivity index (χ3v) is 7.12. The molecule has 0 bridgehead atoms. The highest BCUT2D eigenvalue weighted by Gasteiger charge is 2.30. The molecular formula is C25H17BrCl2N2O4S. The average Bonchev–Trinajstić information content (AvgIpc) is 3.07. The van der Waals surface area contributed by atoms with E-state index in [0.717, 1.165) is 10.0 Å². The van der Waals surface area contributed by atoms with E-state index in [9.17, 15) is 14.7 Å². The van der Waals surface area contributed by atoms with E-state index in [2.05, 4.69) is 20.9 Å². The van der Waals surface area contributed by atoms with Gasteiger partial charge in [-0.05, 0) is 66.4 Å². The molecule has 10 heteroatoms. The smallest absolute Gasteiger partial charge is 0.335 e. The van der Waals surface area contributed by atoms with Crippen molar-refractivity contribution in [3.05, 3.63) is 96.8 Å². The minimum absolute atomic E-state index is 0.122. The van der Waals surface area contributed by atoms with Gasteiger partial charge in [0.15, 0.2) is 5.17 Å². The first-order valence-corrected chi connectivity index (χ1v) is 12.5. The Morgan fingerprint density at radius 2 is 1.97 bits per heavy atom. The van der Waals surface area contributed by atoms with Gasteiger partial charge in [0, 0.05) is 32.7 Å². The van der Waals surface area contributed by atoms with E-state index in [0.29, 0.717) is 37.1 Å². The number of carbonyl (C=O) groups is 2. The largest absolute Gasteiger partial charge is 0.488 e. The third kappa shape index (κ3) is 6.08. The molecule has 0 unspecified atom stereocenters. The summed E-state index contributed by atoms with van der Waals surface area (Å²) >= 11 is 16.9. The second-order valence-electron chi connectivity index (χ2n) is 7.43. The second kappa shape index (κ2) is 10.9. The number of carboxylic acid groups (broad SMARTS) is 1. The molecule has 1 aliphatic rings. The summed E-state index contributed by atoms with van der Waals surface area (Å²) in [4.78, 5) is 30.5. The second-order valence-corrected chi connectivity index (χ2v) is 10.2. The zero-order valence-corrected chi connectivity index (χ0v) is 22.1. The summed E-state index contributed by atoms with van der Waals surface area (Å²) in [5.74, 6) is -0.699. The van der Waals surface area contributed by atoms with Gasteiger partial charge in [-0.3, -0.25) is 9.69 Å².